The molecular weight excluding hydrogens is 343 g/mol. The molecule has 1 heterocycles. The minimum atomic E-state index is -0.306. The number of halogens is 1. The molecule has 0 radical (unpaired) electrons. The van der Waals surface area contributed by atoms with E-state index in [1.807, 2.05) is 42.5 Å². The maximum atomic E-state index is 13.0. The van der Waals surface area contributed by atoms with E-state index in [1.54, 1.807) is 18.2 Å². The molecule has 4 aromatic rings. The second-order valence-corrected chi connectivity index (χ2v) is 6.28. The average Bonchev–Trinajstić information content (AvgIpc) is 3.16. The summed E-state index contributed by atoms with van der Waals surface area (Å²) < 4.78 is 18.3. The molecular formula is C22H17FN2O2. The first-order valence-electron chi connectivity index (χ1n) is 8.64. The largest absolute Gasteiger partial charge is 0.356 e. The van der Waals surface area contributed by atoms with Crippen LogP contribution in [0.25, 0.3) is 22.1 Å². The van der Waals surface area contributed by atoms with Crippen molar-refractivity contribution >= 4 is 16.7 Å². The summed E-state index contributed by atoms with van der Waals surface area (Å²) in [6.45, 7) is 0.272. The van der Waals surface area contributed by atoms with Crippen LogP contribution in [0.3, 0.4) is 0 Å². The Hall–Kier alpha value is -3.47. The van der Waals surface area contributed by atoms with Crippen molar-refractivity contribution < 1.29 is 13.7 Å². The Morgan fingerprint density at radius 1 is 1.00 bits per heavy atom. The standard InChI is InChI=1S/C22H17FN2O2/c23-18-10-8-16(9-11-18)21-13-19(25-27-21)14-24-22(26)12-17-6-3-5-15-4-1-2-7-20(15)17/h1-11,13H,12,14H2,(H,24,26). The summed E-state index contributed by atoms with van der Waals surface area (Å²) in [5, 5.41) is 9.02. The number of nitrogens with zero attached hydrogens (tertiary/aromatic N) is 1. The van der Waals surface area contributed by atoms with Gasteiger partial charge >= 0.3 is 0 Å². The highest BCUT2D eigenvalue weighted by molar-refractivity contribution is 5.90. The predicted molar refractivity (Wildman–Crippen MR) is 101 cm³/mol. The number of amides is 1. The first-order chi connectivity index (χ1) is 13.2. The minimum Gasteiger partial charge on any atom is -0.356 e. The lowest BCUT2D eigenvalue weighted by Crippen LogP contribution is -2.24. The third kappa shape index (κ3) is 3.87. The highest BCUT2D eigenvalue weighted by Crippen LogP contribution is 2.21. The maximum Gasteiger partial charge on any atom is 0.224 e. The van der Waals surface area contributed by atoms with E-state index in [0.29, 0.717) is 17.9 Å². The highest BCUT2D eigenvalue weighted by atomic mass is 19.1. The average molecular weight is 360 g/mol. The Morgan fingerprint density at radius 2 is 1.78 bits per heavy atom. The molecule has 1 amide bonds. The summed E-state index contributed by atoms with van der Waals surface area (Å²) in [5.41, 5.74) is 2.33. The Bertz CT molecular complexity index is 1080. The first-order valence-corrected chi connectivity index (χ1v) is 8.64. The number of rotatable bonds is 5. The number of aromatic nitrogens is 1. The van der Waals surface area contributed by atoms with Gasteiger partial charge in [0.25, 0.3) is 0 Å². The molecule has 0 saturated heterocycles. The molecule has 0 aliphatic rings. The summed E-state index contributed by atoms with van der Waals surface area (Å²) in [4.78, 5) is 12.3. The molecule has 27 heavy (non-hydrogen) atoms. The normalized spacial score (nSPS) is 10.9. The van der Waals surface area contributed by atoms with Gasteiger partial charge in [-0.05, 0) is 40.6 Å². The molecule has 1 N–H and O–H groups in total. The van der Waals surface area contributed by atoms with Gasteiger partial charge in [0.05, 0.1) is 13.0 Å². The van der Waals surface area contributed by atoms with E-state index in [2.05, 4.69) is 10.5 Å². The van der Waals surface area contributed by atoms with E-state index in [1.165, 1.54) is 12.1 Å². The van der Waals surface area contributed by atoms with E-state index < -0.39 is 0 Å². The quantitative estimate of drug-likeness (QED) is 0.570. The van der Waals surface area contributed by atoms with Crippen LogP contribution >= 0.6 is 0 Å². The fourth-order valence-electron chi connectivity index (χ4n) is 3.02. The van der Waals surface area contributed by atoms with Gasteiger partial charge in [-0.2, -0.15) is 0 Å². The van der Waals surface area contributed by atoms with Crippen molar-refractivity contribution in [3.05, 3.63) is 89.9 Å². The molecule has 0 bridgehead atoms. The predicted octanol–water partition coefficient (Wildman–Crippen LogP) is 4.49. The van der Waals surface area contributed by atoms with Gasteiger partial charge < -0.3 is 9.84 Å². The van der Waals surface area contributed by atoms with Gasteiger partial charge in [0.15, 0.2) is 5.76 Å². The minimum absolute atomic E-state index is 0.0855. The second-order valence-electron chi connectivity index (χ2n) is 6.28. The van der Waals surface area contributed by atoms with E-state index in [4.69, 9.17) is 4.52 Å². The molecule has 0 spiro atoms. The Morgan fingerprint density at radius 3 is 2.63 bits per heavy atom. The van der Waals surface area contributed by atoms with Gasteiger partial charge in [0, 0.05) is 11.6 Å². The fourth-order valence-corrected chi connectivity index (χ4v) is 3.02. The Kier molecular flexibility index (Phi) is 4.66. The van der Waals surface area contributed by atoms with Crippen LogP contribution in [0.1, 0.15) is 11.3 Å². The van der Waals surface area contributed by atoms with E-state index >= 15 is 0 Å². The summed E-state index contributed by atoms with van der Waals surface area (Å²) in [7, 11) is 0. The Balaban J connectivity index is 1.40. The summed E-state index contributed by atoms with van der Waals surface area (Å²) in [6, 6.07) is 21.7. The summed E-state index contributed by atoms with van der Waals surface area (Å²) >= 11 is 0. The van der Waals surface area contributed by atoms with Crippen molar-refractivity contribution in [2.45, 2.75) is 13.0 Å². The molecule has 0 atom stereocenters. The topological polar surface area (TPSA) is 55.1 Å². The monoisotopic (exact) mass is 360 g/mol. The zero-order valence-corrected chi connectivity index (χ0v) is 14.5. The number of fused-ring (bicyclic) bond motifs is 1. The second kappa shape index (κ2) is 7.41. The lowest BCUT2D eigenvalue weighted by Gasteiger charge is -2.07. The third-order valence-electron chi connectivity index (χ3n) is 4.39. The van der Waals surface area contributed by atoms with E-state index in [0.717, 1.165) is 21.9 Å². The summed E-state index contributed by atoms with van der Waals surface area (Å²) in [5.74, 6) is 0.144. The molecule has 0 saturated carbocycles. The van der Waals surface area contributed by atoms with Gasteiger partial charge in [-0.15, -0.1) is 0 Å². The van der Waals surface area contributed by atoms with Crippen LogP contribution in [0.2, 0.25) is 0 Å². The molecule has 5 heteroatoms. The van der Waals surface area contributed by atoms with Crippen LogP contribution in [0.4, 0.5) is 4.39 Å². The number of hydrogen-bond donors (Lipinski definition) is 1. The van der Waals surface area contributed by atoms with Gasteiger partial charge in [0.2, 0.25) is 5.91 Å². The lowest BCUT2D eigenvalue weighted by atomic mass is 10.0. The molecule has 4 rings (SSSR count). The molecule has 4 nitrogen and oxygen atoms in total. The molecule has 3 aromatic carbocycles. The van der Waals surface area contributed by atoms with Crippen molar-refractivity contribution in [1.82, 2.24) is 10.5 Å². The lowest BCUT2D eigenvalue weighted by molar-refractivity contribution is -0.120. The SMILES string of the molecule is O=C(Cc1cccc2ccccc12)NCc1cc(-c2ccc(F)cc2)on1. The van der Waals surface area contributed by atoms with Crippen LogP contribution in [0.5, 0.6) is 0 Å². The number of carbonyl (C=O) groups is 1. The Labute approximate surface area is 155 Å². The summed E-state index contributed by atoms with van der Waals surface area (Å²) in [6.07, 6.45) is 0.296. The zero-order valence-electron chi connectivity index (χ0n) is 14.5. The number of benzene rings is 3. The molecule has 0 unspecified atom stereocenters. The smallest absolute Gasteiger partial charge is 0.224 e. The van der Waals surface area contributed by atoms with Crippen molar-refractivity contribution in [3.8, 4) is 11.3 Å². The zero-order chi connectivity index (χ0) is 18.6. The molecule has 134 valence electrons. The van der Waals surface area contributed by atoms with Crippen molar-refractivity contribution in [2.24, 2.45) is 0 Å². The fraction of sp³-hybridized carbons (Fsp3) is 0.0909. The molecule has 1 aromatic heterocycles. The number of hydrogen-bond acceptors (Lipinski definition) is 3. The van der Waals surface area contributed by atoms with Gasteiger partial charge in [-0.1, -0.05) is 47.6 Å². The van der Waals surface area contributed by atoms with Crippen LogP contribution in [0, 0.1) is 5.82 Å². The van der Waals surface area contributed by atoms with Gasteiger partial charge in [0.1, 0.15) is 11.5 Å². The maximum absolute atomic E-state index is 13.0. The third-order valence-corrected chi connectivity index (χ3v) is 4.39. The van der Waals surface area contributed by atoms with Crippen LogP contribution in [-0.4, -0.2) is 11.1 Å². The highest BCUT2D eigenvalue weighted by Gasteiger charge is 2.10. The van der Waals surface area contributed by atoms with Crippen molar-refractivity contribution in [1.29, 1.82) is 0 Å². The number of carbonyl (C=O) groups excluding carboxylic acids is 1. The molecule has 0 aliphatic carbocycles. The van der Waals surface area contributed by atoms with Crippen LogP contribution < -0.4 is 5.32 Å². The van der Waals surface area contributed by atoms with E-state index in [9.17, 15) is 9.18 Å². The van der Waals surface area contributed by atoms with Gasteiger partial charge in [-0.3, -0.25) is 4.79 Å². The van der Waals surface area contributed by atoms with Crippen LogP contribution in [-0.2, 0) is 17.8 Å². The van der Waals surface area contributed by atoms with Crippen LogP contribution in [0.15, 0.2) is 77.3 Å². The molecule has 0 fully saturated rings. The van der Waals surface area contributed by atoms with Crippen molar-refractivity contribution in [2.75, 3.05) is 0 Å². The first kappa shape index (κ1) is 17.0. The van der Waals surface area contributed by atoms with Crippen molar-refractivity contribution in [3.63, 3.8) is 0 Å². The van der Waals surface area contributed by atoms with E-state index in [-0.39, 0.29) is 18.3 Å². The number of nitrogens with one attached hydrogen (secondary N) is 1. The molecule has 0 aliphatic heterocycles. The van der Waals surface area contributed by atoms with Gasteiger partial charge in [-0.25, -0.2) is 4.39 Å².